The minimum atomic E-state index is -0.578. The summed E-state index contributed by atoms with van der Waals surface area (Å²) < 4.78 is 13.2. The molecule has 2 aromatic heterocycles. The Labute approximate surface area is 109 Å². The number of anilines is 2. The smallest absolute Gasteiger partial charge is 0.260 e. The van der Waals surface area contributed by atoms with Crippen molar-refractivity contribution in [3.63, 3.8) is 0 Å². The van der Waals surface area contributed by atoms with Gasteiger partial charge in [0, 0.05) is 12.7 Å². The summed E-state index contributed by atoms with van der Waals surface area (Å²) in [4.78, 5) is 15.9. The number of amides is 1. The highest BCUT2D eigenvalue weighted by molar-refractivity contribution is 6.06. The standard InChI is InChI=1S/C12H12FN5O/c1-2-14-11-9(6-8(13)7-15-11)12(19)17-10-4-3-5-16-18-10/h3-7H,2H2,1H3,(H,14,15)(H,17,18,19). The van der Waals surface area contributed by atoms with Crippen LogP contribution in [0.4, 0.5) is 16.0 Å². The maximum atomic E-state index is 13.2. The highest BCUT2D eigenvalue weighted by Gasteiger charge is 2.14. The van der Waals surface area contributed by atoms with Gasteiger partial charge in [-0.05, 0) is 25.1 Å². The third kappa shape index (κ3) is 3.21. The van der Waals surface area contributed by atoms with Gasteiger partial charge < -0.3 is 10.6 Å². The fraction of sp³-hybridized carbons (Fsp3) is 0.167. The molecule has 0 aliphatic rings. The van der Waals surface area contributed by atoms with Crippen molar-refractivity contribution in [1.82, 2.24) is 15.2 Å². The van der Waals surface area contributed by atoms with E-state index < -0.39 is 11.7 Å². The van der Waals surface area contributed by atoms with Crippen LogP contribution in [0.25, 0.3) is 0 Å². The number of nitrogens with one attached hydrogen (secondary N) is 2. The highest BCUT2D eigenvalue weighted by Crippen LogP contribution is 2.15. The maximum Gasteiger partial charge on any atom is 0.260 e. The van der Waals surface area contributed by atoms with Gasteiger partial charge in [-0.25, -0.2) is 9.37 Å². The van der Waals surface area contributed by atoms with E-state index >= 15 is 0 Å². The molecule has 0 atom stereocenters. The molecule has 6 nitrogen and oxygen atoms in total. The average Bonchev–Trinajstić information content (AvgIpc) is 2.42. The quantitative estimate of drug-likeness (QED) is 0.875. The summed E-state index contributed by atoms with van der Waals surface area (Å²) in [6.07, 6.45) is 2.54. The minimum absolute atomic E-state index is 0.118. The normalized spacial score (nSPS) is 10.0. The van der Waals surface area contributed by atoms with E-state index in [2.05, 4.69) is 25.8 Å². The second kappa shape index (κ2) is 5.85. The van der Waals surface area contributed by atoms with E-state index in [9.17, 15) is 9.18 Å². The van der Waals surface area contributed by atoms with Crippen LogP contribution >= 0.6 is 0 Å². The summed E-state index contributed by atoms with van der Waals surface area (Å²) in [5, 5.41) is 12.8. The van der Waals surface area contributed by atoms with Crippen LogP contribution in [-0.4, -0.2) is 27.6 Å². The van der Waals surface area contributed by atoms with Gasteiger partial charge in [0.1, 0.15) is 11.6 Å². The van der Waals surface area contributed by atoms with Gasteiger partial charge in [0.25, 0.3) is 5.91 Å². The van der Waals surface area contributed by atoms with Crippen molar-refractivity contribution >= 4 is 17.5 Å². The van der Waals surface area contributed by atoms with Gasteiger partial charge in [-0.2, -0.15) is 5.10 Å². The molecule has 0 aromatic carbocycles. The average molecular weight is 261 g/mol. The van der Waals surface area contributed by atoms with Crippen LogP contribution in [0.2, 0.25) is 0 Å². The fourth-order valence-corrected chi connectivity index (χ4v) is 1.47. The number of nitrogens with zero attached hydrogens (tertiary/aromatic N) is 3. The van der Waals surface area contributed by atoms with E-state index in [1.165, 1.54) is 6.20 Å². The number of hydrogen-bond acceptors (Lipinski definition) is 5. The maximum absolute atomic E-state index is 13.2. The molecule has 7 heteroatoms. The van der Waals surface area contributed by atoms with Crippen LogP contribution in [0.15, 0.2) is 30.6 Å². The molecule has 0 fully saturated rings. The molecular formula is C12H12FN5O. The lowest BCUT2D eigenvalue weighted by molar-refractivity contribution is 0.102. The number of aromatic nitrogens is 3. The Balaban J connectivity index is 2.25. The largest absolute Gasteiger partial charge is 0.370 e. The zero-order valence-electron chi connectivity index (χ0n) is 10.2. The molecule has 0 aliphatic heterocycles. The van der Waals surface area contributed by atoms with Crippen molar-refractivity contribution in [3.05, 3.63) is 42.0 Å². The number of rotatable bonds is 4. The fourth-order valence-electron chi connectivity index (χ4n) is 1.47. The van der Waals surface area contributed by atoms with Crippen molar-refractivity contribution in [2.75, 3.05) is 17.2 Å². The van der Waals surface area contributed by atoms with Gasteiger partial charge in [0.15, 0.2) is 5.82 Å². The van der Waals surface area contributed by atoms with E-state index in [4.69, 9.17) is 0 Å². The van der Waals surface area contributed by atoms with E-state index in [0.29, 0.717) is 18.2 Å². The molecule has 1 amide bonds. The van der Waals surface area contributed by atoms with Crippen LogP contribution < -0.4 is 10.6 Å². The summed E-state index contributed by atoms with van der Waals surface area (Å²) in [7, 11) is 0. The molecule has 2 aromatic rings. The molecule has 0 radical (unpaired) electrons. The molecular weight excluding hydrogens is 249 g/mol. The number of carbonyl (C=O) groups is 1. The van der Waals surface area contributed by atoms with Crippen LogP contribution in [0.3, 0.4) is 0 Å². The molecule has 0 bridgehead atoms. The zero-order chi connectivity index (χ0) is 13.7. The number of halogens is 1. The first kappa shape index (κ1) is 12.9. The van der Waals surface area contributed by atoms with Crippen molar-refractivity contribution in [2.45, 2.75) is 6.92 Å². The summed E-state index contributed by atoms with van der Waals surface area (Å²) in [5.74, 6) is -0.459. The van der Waals surface area contributed by atoms with Crippen molar-refractivity contribution in [1.29, 1.82) is 0 Å². The topological polar surface area (TPSA) is 79.8 Å². The lowest BCUT2D eigenvalue weighted by atomic mass is 10.2. The van der Waals surface area contributed by atoms with Gasteiger partial charge in [-0.3, -0.25) is 4.79 Å². The van der Waals surface area contributed by atoms with E-state index in [-0.39, 0.29) is 5.56 Å². The lowest BCUT2D eigenvalue weighted by Gasteiger charge is -2.09. The Morgan fingerprint density at radius 2 is 2.32 bits per heavy atom. The van der Waals surface area contributed by atoms with Crippen molar-refractivity contribution in [3.8, 4) is 0 Å². The first-order chi connectivity index (χ1) is 9.20. The van der Waals surface area contributed by atoms with Crippen LogP contribution in [0.1, 0.15) is 17.3 Å². The monoisotopic (exact) mass is 261 g/mol. The van der Waals surface area contributed by atoms with Crippen molar-refractivity contribution in [2.24, 2.45) is 0 Å². The zero-order valence-corrected chi connectivity index (χ0v) is 10.2. The number of carbonyl (C=O) groups excluding carboxylic acids is 1. The van der Waals surface area contributed by atoms with Crippen molar-refractivity contribution < 1.29 is 9.18 Å². The summed E-state index contributed by atoms with van der Waals surface area (Å²) in [5.41, 5.74) is 0.118. The van der Waals surface area contributed by atoms with E-state index in [1.807, 2.05) is 6.92 Å². The lowest BCUT2D eigenvalue weighted by Crippen LogP contribution is -2.17. The predicted molar refractivity (Wildman–Crippen MR) is 68.3 cm³/mol. The molecule has 2 rings (SSSR count). The van der Waals surface area contributed by atoms with Gasteiger partial charge in [0.2, 0.25) is 0 Å². The van der Waals surface area contributed by atoms with Gasteiger partial charge in [0.05, 0.1) is 11.8 Å². The molecule has 0 saturated heterocycles. The van der Waals surface area contributed by atoms with Crippen LogP contribution in [-0.2, 0) is 0 Å². The second-order valence-electron chi connectivity index (χ2n) is 3.64. The van der Waals surface area contributed by atoms with Gasteiger partial charge in [-0.15, -0.1) is 5.10 Å². The Hall–Kier alpha value is -2.57. The Kier molecular flexibility index (Phi) is 3.97. The van der Waals surface area contributed by atoms with E-state index in [1.54, 1.807) is 12.1 Å². The number of pyridine rings is 1. The predicted octanol–water partition coefficient (Wildman–Crippen LogP) is 1.69. The minimum Gasteiger partial charge on any atom is -0.370 e. The van der Waals surface area contributed by atoms with Crippen LogP contribution in [0.5, 0.6) is 0 Å². The number of hydrogen-bond donors (Lipinski definition) is 2. The third-order valence-corrected chi connectivity index (χ3v) is 2.26. The Morgan fingerprint density at radius 3 is 3.00 bits per heavy atom. The molecule has 0 saturated carbocycles. The first-order valence-electron chi connectivity index (χ1n) is 5.69. The summed E-state index contributed by atoms with van der Waals surface area (Å²) >= 11 is 0. The molecule has 2 N–H and O–H groups in total. The first-order valence-corrected chi connectivity index (χ1v) is 5.69. The van der Waals surface area contributed by atoms with E-state index in [0.717, 1.165) is 12.3 Å². The third-order valence-electron chi connectivity index (χ3n) is 2.26. The molecule has 0 unspecified atom stereocenters. The summed E-state index contributed by atoms with van der Waals surface area (Å²) in [6.45, 7) is 2.43. The SMILES string of the molecule is CCNc1ncc(F)cc1C(=O)Nc1cccnn1. The summed E-state index contributed by atoms with van der Waals surface area (Å²) in [6, 6.07) is 4.35. The molecule has 19 heavy (non-hydrogen) atoms. The second-order valence-corrected chi connectivity index (χ2v) is 3.64. The van der Waals surface area contributed by atoms with Gasteiger partial charge >= 0.3 is 0 Å². The van der Waals surface area contributed by atoms with Crippen LogP contribution in [0, 0.1) is 5.82 Å². The molecule has 2 heterocycles. The van der Waals surface area contributed by atoms with Gasteiger partial charge in [-0.1, -0.05) is 0 Å². The Bertz CT molecular complexity index is 576. The highest BCUT2D eigenvalue weighted by atomic mass is 19.1. The molecule has 0 aliphatic carbocycles. The molecule has 98 valence electrons. The Morgan fingerprint density at radius 1 is 1.47 bits per heavy atom. The molecule has 0 spiro atoms.